The van der Waals surface area contributed by atoms with Crippen molar-refractivity contribution in [1.29, 1.82) is 0 Å². The molecule has 2 N–H and O–H groups in total. The van der Waals surface area contributed by atoms with Crippen LogP contribution in [0, 0.1) is 17.8 Å². The standard InChI is InChI=1S/C29H35F3N4O3/c30-29(31,32)23-12-15-34(16-13-23)26-9-7-25(8-10-26)33-24-5-3-21(4-6-24)19-36(39)28(38)22-11-14-35(27(37)17-22)18-20-1-2-20/h3-10,20,22-23,33,39H,1-2,11-19H2. The lowest BCUT2D eigenvalue weighted by Gasteiger charge is -2.34. The number of amides is 2. The Morgan fingerprint density at radius 3 is 2.10 bits per heavy atom. The summed E-state index contributed by atoms with van der Waals surface area (Å²) in [5, 5.41) is 14.4. The largest absolute Gasteiger partial charge is 0.391 e. The first-order chi connectivity index (χ1) is 18.7. The van der Waals surface area contributed by atoms with Crippen LogP contribution in [-0.4, -0.2) is 59.3 Å². The van der Waals surface area contributed by atoms with Crippen LogP contribution >= 0.6 is 0 Å². The highest BCUT2D eigenvalue weighted by Gasteiger charge is 2.41. The minimum Gasteiger partial charge on any atom is -0.372 e. The van der Waals surface area contributed by atoms with E-state index in [9.17, 15) is 28.0 Å². The number of likely N-dealkylation sites (tertiary alicyclic amines) is 1. The minimum absolute atomic E-state index is 0.00520. The number of alkyl halides is 3. The predicted octanol–water partition coefficient (Wildman–Crippen LogP) is 5.58. The Labute approximate surface area is 226 Å². The van der Waals surface area contributed by atoms with E-state index in [0.717, 1.165) is 29.2 Å². The van der Waals surface area contributed by atoms with Crippen molar-refractivity contribution in [3.63, 3.8) is 0 Å². The number of hydrogen-bond acceptors (Lipinski definition) is 5. The molecule has 0 radical (unpaired) electrons. The lowest BCUT2D eigenvalue weighted by molar-refractivity contribution is -0.179. The maximum absolute atomic E-state index is 12.9. The Hall–Kier alpha value is -3.27. The van der Waals surface area contributed by atoms with Gasteiger partial charge < -0.3 is 15.1 Å². The highest BCUT2D eigenvalue weighted by molar-refractivity contribution is 5.86. The fourth-order valence-corrected chi connectivity index (χ4v) is 5.44. The van der Waals surface area contributed by atoms with Crippen LogP contribution in [0.25, 0.3) is 0 Å². The topological polar surface area (TPSA) is 76.1 Å². The van der Waals surface area contributed by atoms with Crippen molar-refractivity contribution in [3.05, 3.63) is 54.1 Å². The Balaban J connectivity index is 1.08. The first-order valence-corrected chi connectivity index (χ1v) is 13.7. The van der Waals surface area contributed by atoms with Crippen molar-refractivity contribution in [1.82, 2.24) is 9.96 Å². The van der Waals surface area contributed by atoms with E-state index in [-0.39, 0.29) is 31.7 Å². The van der Waals surface area contributed by atoms with Crippen LogP contribution in [0.3, 0.4) is 0 Å². The van der Waals surface area contributed by atoms with Crippen LogP contribution in [0.2, 0.25) is 0 Å². The van der Waals surface area contributed by atoms with Gasteiger partial charge in [-0.2, -0.15) is 13.2 Å². The van der Waals surface area contributed by atoms with E-state index >= 15 is 0 Å². The van der Waals surface area contributed by atoms with Gasteiger partial charge in [0.05, 0.1) is 18.4 Å². The molecule has 2 amide bonds. The molecule has 0 aromatic heterocycles. The molecule has 2 heterocycles. The van der Waals surface area contributed by atoms with Crippen LogP contribution in [0.1, 0.15) is 44.1 Å². The third kappa shape index (κ3) is 7.03. The fraction of sp³-hybridized carbons (Fsp3) is 0.517. The molecule has 0 bridgehead atoms. The number of anilines is 3. The van der Waals surface area contributed by atoms with Crippen LogP contribution in [0.5, 0.6) is 0 Å². The van der Waals surface area contributed by atoms with Crippen molar-refractivity contribution in [3.8, 4) is 0 Å². The van der Waals surface area contributed by atoms with Crippen molar-refractivity contribution >= 4 is 28.9 Å². The van der Waals surface area contributed by atoms with Crippen LogP contribution < -0.4 is 10.2 Å². The third-order valence-corrected chi connectivity index (χ3v) is 8.07. The SMILES string of the molecule is O=C(C1CCN(CC2CC2)C(=O)C1)N(O)Cc1ccc(Nc2ccc(N3CCC(C(F)(F)F)CC3)cc2)cc1. The van der Waals surface area contributed by atoms with E-state index < -0.39 is 23.9 Å². The van der Waals surface area contributed by atoms with Crippen molar-refractivity contribution in [2.24, 2.45) is 17.8 Å². The molecule has 1 saturated carbocycles. The highest BCUT2D eigenvalue weighted by Crippen LogP contribution is 2.36. The van der Waals surface area contributed by atoms with E-state index in [1.54, 1.807) is 0 Å². The molecule has 39 heavy (non-hydrogen) atoms. The molecule has 2 aliphatic heterocycles. The molecule has 1 aliphatic carbocycles. The summed E-state index contributed by atoms with van der Waals surface area (Å²) in [4.78, 5) is 29.0. The maximum Gasteiger partial charge on any atom is 0.391 e. The molecular formula is C29H35F3N4O3. The van der Waals surface area contributed by atoms with Gasteiger partial charge in [-0.05, 0) is 80.0 Å². The molecule has 2 aromatic carbocycles. The quantitative estimate of drug-likeness (QED) is 0.336. The van der Waals surface area contributed by atoms with Gasteiger partial charge in [0.1, 0.15) is 0 Å². The maximum atomic E-state index is 12.9. The monoisotopic (exact) mass is 544 g/mol. The highest BCUT2D eigenvalue weighted by atomic mass is 19.4. The Bertz CT molecular complexity index is 1140. The van der Waals surface area contributed by atoms with E-state index in [1.807, 2.05) is 58.3 Å². The zero-order valence-electron chi connectivity index (χ0n) is 21.9. The summed E-state index contributed by atoms with van der Waals surface area (Å²) in [6.45, 7) is 2.17. The van der Waals surface area contributed by atoms with Gasteiger partial charge in [0, 0.05) is 49.7 Å². The summed E-state index contributed by atoms with van der Waals surface area (Å²) in [6.07, 6.45) is -0.819. The molecule has 210 valence electrons. The first-order valence-electron chi connectivity index (χ1n) is 13.7. The molecule has 1 atom stereocenters. The minimum atomic E-state index is -4.12. The van der Waals surface area contributed by atoms with Crippen molar-refractivity contribution < 1.29 is 28.0 Å². The Morgan fingerprint density at radius 1 is 0.923 bits per heavy atom. The molecule has 0 spiro atoms. The van der Waals surface area contributed by atoms with E-state index in [0.29, 0.717) is 37.0 Å². The number of carbonyl (C=O) groups is 2. The fourth-order valence-electron chi connectivity index (χ4n) is 5.44. The first kappa shape index (κ1) is 27.3. The van der Waals surface area contributed by atoms with Crippen LogP contribution in [-0.2, 0) is 16.1 Å². The van der Waals surface area contributed by atoms with Crippen LogP contribution in [0.15, 0.2) is 48.5 Å². The number of benzene rings is 2. The second-order valence-corrected chi connectivity index (χ2v) is 11.0. The van der Waals surface area contributed by atoms with Gasteiger partial charge >= 0.3 is 6.18 Å². The Morgan fingerprint density at radius 2 is 1.54 bits per heavy atom. The van der Waals surface area contributed by atoms with Gasteiger partial charge in [-0.25, -0.2) is 5.06 Å². The van der Waals surface area contributed by atoms with E-state index in [1.165, 1.54) is 12.8 Å². The number of hydrogen-bond donors (Lipinski definition) is 2. The second-order valence-electron chi connectivity index (χ2n) is 11.0. The number of nitrogens with zero attached hydrogens (tertiary/aromatic N) is 3. The second kappa shape index (κ2) is 11.5. The van der Waals surface area contributed by atoms with Gasteiger partial charge in [-0.15, -0.1) is 0 Å². The lowest BCUT2D eigenvalue weighted by atomic mass is 9.94. The summed E-state index contributed by atoms with van der Waals surface area (Å²) < 4.78 is 38.8. The predicted molar refractivity (Wildman–Crippen MR) is 142 cm³/mol. The molecule has 10 heteroatoms. The number of nitrogens with one attached hydrogen (secondary N) is 1. The summed E-state index contributed by atoms with van der Waals surface area (Å²) in [5.41, 5.74) is 3.32. The van der Waals surface area contributed by atoms with Gasteiger partial charge in [0.2, 0.25) is 11.8 Å². The summed E-state index contributed by atoms with van der Waals surface area (Å²) in [7, 11) is 0. The number of carbonyl (C=O) groups excluding carboxylic acids is 2. The number of rotatable bonds is 8. The van der Waals surface area contributed by atoms with Gasteiger partial charge in [-0.3, -0.25) is 14.8 Å². The lowest BCUT2D eigenvalue weighted by Crippen LogP contribution is -2.45. The number of halogens is 3. The average Bonchev–Trinajstić information content (AvgIpc) is 3.75. The molecule has 1 unspecified atom stereocenters. The summed E-state index contributed by atoms with van der Waals surface area (Å²) in [5.74, 6) is -1.51. The van der Waals surface area contributed by atoms with E-state index in [2.05, 4.69) is 5.32 Å². The molecule has 2 aromatic rings. The van der Waals surface area contributed by atoms with Gasteiger partial charge in [-0.1, -0.05) is 12.1 Å². The molecule has 5 rings (SSSR count). The van der Waals surface area contributed by atoms with Gasteiger partial charge in [0.15, 0.2) is 0 Å². The molecule has 7 nitrogen and oxygen atoms in total. The van der Waals surface area contributed by atoms with E-state index in [4.69, 9.17) is 0 Å². The summed E-state index contributed by atoms with van der Waals surface area (Å²) >= 11 is 0. The molecule has 3 aliphatic rings. The van der Waals surface area contributed by atoms with Crippen molar-refractivity contribution in [2.45, 2.75) is 51.2 Å². The zero-order chi connectivity index (χ0) is 27.6. The van der Waals surface area contributed by atoms with Gasteiger partial charge in [0.25, 0.3) is 0 Å². The number of hydroxylamine groups is 2. The molecule has 3 fully saturated rings. The number of piperidine rings is 2. The molecule has 2 saturated heterocycles. The third-order valence-electron chi connectivity index (χ3n) is 8.07. The Kier molecular flexibility index (Phi) is 8.02. The average molecular weight is 545 g/mol. The smallest absolute Gasteiger partial charge is 0.372 e. The zero-order valence-corrected chi connectivity index (χ0v) is 21.9. The van der Waals surface area contributed by atoms with Crippen LogP contribution in [0.4, 0.5) is 30.2 Å². The normalized spacial score (nSPS) is 20.7. The van der Waals surface area contributed by atoms with Crippen molar-refractivity contribution in [2.75, 3.05) is 36.4 Å². The molecular weight excluding hydrogens is 509 g/mol. The summed E-state index contributed by atoms with van der Waals surface area (Å²) in [6, 6.07) is 14.9.